The summed E-state index contributed by atoms with van der Waals surface area (Å²) in [5, 5.41) is 0. The zero-order valence-electron chi connectivity index (χ0n) is 12.0. The van der Waals surface area contributed by atoms with Crippen LogP contribution in [0, 0.1) is 18.8 Å². The van der Waals surface area contributed by atoms with E-state index in [1.54, 1.807) is 0 Å². The van der Waals surface area contributed by atoms with E-state index in [9.17, 15) is 0 Å². The number of furan rings is 1. The van der Waals surface area contributed by atoms with E-state index in [-0.39, 0.29) is 12.1 Å². The minimum absolute atomic E-state index is 0.134. The molecule has 0 aliphatic heterocycles. The van der Waals surface area contributed by atoms with Crippen molar-refractivity contribution in [2.24, 2.45) is 17.6 Å². The summed E-state index contributed by atoms with van der Waals surface area (Å²) in [5.41, 5.74) is 6.29. The van der Waals surface area contributed by atoms with Crippen molar-refractivity contribution in [1.29, 1.82) is 0 Å². The summed E-state index contributed by atoms with van der Waals surface area (Å²) in [6.45, 7) is 7.58. The standard InChI is InChI=1S/C15H26N2O/c1-5-13(16)15(14-7-6-11(3)18-14)17(4)9-12-8-10(12)2/h6-7,10,12-13,15H,5,8-9,16H2,1-4H3. The second-order valence-electron chi connectivity index (χ2n) is 5.88. The first-order chi connectivity index (χ1) is 8.52. The molecule has 1 heterocycles. The molecule has 4 atom stereocenters. The highest BCUT2D eigenvalue weighted by Gasteiger charge is 2.36. The normalized spacial score (nSPS) is 26.3. The SMILES string of the molecule is CCC(N)C(c1ccc(C)o1)N(C)CC1CC1C. The molecule has 1 aliphatic rings. The Balaban J connectivity index is 2.09. The zero-order chi connectivity index (χ0) is 13.3. The number of nitrogens with zero attached hydrogens (tertiary/aromatic N) is 1. The van der Waals surface area contributed by atoms with Crippen LogP contribution in [0.3, 0.4) is 0 Å². The van der Waals surface area contributed by atoms with Crippen molar-refractivity contribution in [2.45, 2.75) is 45.7 Å². The van der Waals surface area contributed by atoms with Crippen molar-refractivity contribution in [3.05, 3.63) is 23.7 Å². The van der Waals surface area contributed by atoms with Gasteiger partial charge in [-0.3, -0.25) is 4.90 Å². The fourth-order valence-electron chi connectivity index (χ4n) is 2.73. The monoisotopic (exact) mass is 250 g/mol. The zero-order valence-corrected chi connectivity index (χ0v) is 12.0. The van der Waals surface area contributed by atoms with Crippen LogP contribution in [0.1, 0.15) is 44.3 Å². The van der Waals surface area contributed by atoms with E-state index in [0.717, 1.165) is 36.3 Å². The summed E-state index contributed by atoms with van der Waals surface area (Å²) in [7, 11) is 2.17. The van der Waals surface area contributed by atoms with Crippen LogP contribution in [0.4, 0.5) is 0 Å². The molecule has 0 saturated heterocycles. The first kappa shape index (κ1) is 13.6. The van der Waals surface area contributed by atoms with Gasteiger partial charge >= 0.3 is 0 Å². The first-order valence-electron chi connectivity index (χ1n) is 7.05. The molecule has 1 aliphatic carbocycles. The van der Waals surface area contributed by atoms with Crippen molar-refractivity contribution in [3.63, 3.8) is 0 Å². The van der Waals surface area contributed by atoms with E-state index in [1.165, 1.54) is 6.42 Å². The van der Waals surface area contributed by atoms with Crippen LogP contribution in [-0.2, 0) is 0 Å². The smallest absolute Gasteiger partial charge is 0.122 e. The second kappa shape index (κ2) is 5.45. The van der Waals surface area contributed by atoms with E-state index in [2.05, 4.69) is 31.9 Å². The van der Waals surface area contributed by atoms with Gasteiger partial charge in [0.25, 0.3) is 0 Å². The molecule has 0 aromatic carbocycles. The third-order valence-electron chi connectivity index (χ3n) is 4.20. The quantitative estimate of drug-likeness (QED) is 0.844. The Morgan fingerprint density at radius 3 is 2.61 bits per heavy atom. The molecule has 1 saturated carbocycles. The lowest BCUT2D eigenvalue weighted by atomic mass is 10.0. The predicted molar refractivity (Wildman–Crippen MR) is 74.4 cm³/mol. The minimum atomic E-state index is 0.134. The summed E-state index contributed by atoms with van der Waals surface area (Å²) < 4.78 is 5.80. The van der Waals surface area contributed by atoms with Gasteiger partial charge in [0.05, 0.1) is 6.04 Å². The largest absolute Gasteiger partial charge is 0.465 e. The van der Waals surface area contributed by atoms with Crippen LogP contribution >= 0.6 is 0 Å². The van der Waals surface area contributed by atoms with Gasteiger partial charge < -0.3 is 10.2 Å². The molecule has 4 unspecified atom stereocenters. The van der Waals surface area contributed by atoms with Gasteiger partial charge in [-0.2, -0.15) is 0 Å². The number of aryl methyl sites for hydroxylation is 1. The lowest BCUT2D eigenvalue weighted by molar-refractivity contribution is 0.173. The van der Waals surface area contributed by atoms with Crippen molar-refractivity contribution in [1.82, 2.24) is 4.90 Å². The summed E-state index contributed by atoms with van der Waals surface area (Å²) >= 11 is 0. The van der Waals surface area contributed by atoms with Crippen LogP contribution in [0.25, 0.3) is 0 Å². The van der Waals surface area contributed by atoms with Crippen molar-refractivity contribution in [3.8, 4) is 0 Å². The molecule has 2 rings (SSSR count). The molecule has 102 valence electrons. The predicted octanol–water partition coefficient (Wildman–Crippen LogP) is 2.95. The van der Waals surface area contributed by atoms with Gasteiger partial charge in [0.15, 0.2) is 0 Å². The highest BCUT2D eigenvalue weighted by Crippen LogP contribution is 2.39. The molecule has 0 amide bonds. The van der Waals surface area contributed by atoms with Crippen LogP contribution in [0.2, 0.25) is 0 Å². The molecule has 3 heteroatoms. The summed E-state index contributed by atoms with van der Waals surface area (Å²) in [6.07, 6.45) is 2.32. The summed E-state index contributed by atoms with van der Waals surface area (Å²) in [6, 6.07) is 4.44. The van der Waals surface area contributed by atoms with Gasteiger partial charge in [-0.25, -0.2) is 0 Å². The number of nitrogens with two attached hydrogens (primary N) is 1. The van der Waals surface area contributed by atoms with Crippen LogP contribution in [0.15, 0.2) is 16.5 Å². The molecule has 1 aromatic heterocycles. The van der Waals surface area contributed by atoms with E-state index >= 15 is 0 Å². The Labute approximate surface area is 110 Å². The van der Waals surface area contributed by atoms with Gasteiger partial charge in [-0.05, 0) is 50.8 Å². The van der Waals surface area contributed by atoms with Gasteiger partial charge in [0, 0.05) is 12.6 Å². The Morgan fingerprint density at radius 2 is 2.17 bits per heavy atom. The lowest BCUT2D eigenvalue weighted by Crippen LogP contribution is -2.39. The van der Waals surface area contributed by atoms with Crippen molar-refractivity contribution >= 4 is 0 Å². The molecule has 18 heavy (non-hydrogen) atoms. The number of rotatable bonds is 6. The molecular weight excluding hydrogens is 224 g/mol. The molecule has 1 aromatic rings. The maximum Gasteiger partial charge on any atom is 0.122 e. The minimum Gasteiger partial charge on any atom is -0.465 e. The average Bonchev–Trinajstić information content (AvgIpc) is 2.84. The van der Waals surface area contributed by atoms with E-state index in [0.29, 0.717) is 0 Å². The van der Waals surface area contributed by atoms with Gasteiger partial charge in [0.1, 0.15) is 11.5 Å². The van der Waals surface area contributed by atoms with Crippen molar-refractivity contribution < 1.29 is 4.42 Å². The fraction of sp³-hybridized carbons (Fsp3) is 0.733. The molecule has 0 radical (unpaired) electrons. The molecule has 0 bridgehead atoms. The van der Waals surface area contributed by atoms with E-state index in [4.69, 9.17) is 10.2 Å². The van der Waals surface area contributed by atoms with Crippen molar-refractivity contribution in [2.75, 3.05) is 13.6 Å². The molecule has 0 spiro atoms. The van der Waals surface area contributed by atoms with Crippen LogP contribution < -0.4 is 5.73 Å². The Bertz CT molecular complexity index is 388. The summed E-state index contributed by atoms with van der Waals surface area (Å²) in [4.78, 5) is 2.38. The third kappa shape index (κ3) is 2.96. The Morgan fingerprint density at radius 1 is 1.50 bits per heavy atom. The lowest BCUT2D eigenvalue weighted by Gasteiger charge is -2.31. The highest BCUT2D eigenvalue weighted by molar-refractivity contribution is 5.12. The molecule has 3 nitrogen and oxygen atoms in total. The van der Waals surface area contributed by atoms with Crippen LogP contribution in [0.5, 0.6) is 0 Å². The molecular formula is C15H26N2O. The topological polar surface area (TPSA) is 42.4 Å². The number of hydrogen-bond donors (Lipinski definition) is 1. The Hall–Kier alpha value is -0.800. The third-order valence-corrected chi connectivity index (χ3v) is 4.20. The van der Waals surface area contributed by atoms with E-state index in [1.807, 2.05) is 13.0 Å². The van der Waals surface area contributed by atoms with Gasteiger partial charge in [-0.1, -0.05) is 13.8 Å². The summed E-state index contributed by atoms with van der Waals surface area (Å²) in [5.74, 6) is 3.70. The number of hydrogen-bond acceptors (Lipinski definition) is 3. The maximum atomic E-state index is 6.29. The molecule has 2 N–H and O–H groups in total. The van der Waals surface area contributed by atoms with Gasteiger partial charge in [-0.15, -0.1) is 0 Å². The highest BCUT2D eigenvalue weighted by atomic mass is 16.3. The van der Waals surface area contributed by atoms with Crippen LogP contribution in [-0.4, -0.2) is 24.5 Å². The van der Waals surface area contributed by atoms with Gasteiger partial charge in [0.2, 0.25) is 0 Å². The van der Waals surface area contributed by atoms with E-state index < -0.39 is 0 Å². The fourth-order valence-corrected chi connectivity index (χ4v) is 2.73. The Kier molecular flexibility index (Phi) is 4.13. The average molecular weight is 250 g/mol. The molecule has 1 fully saturated rings. The second-order valence-corrected chi connectivity index (χ2v) is 5.88. The number of likely N-dealkylation sites (N-methyl/N-ethyl adjacent to an activating group) is 1. The maximum absolute atomic E-state index is 6.29. The first-order valence-corrected chi connectivity index (χ1v) is 7.05.